The lowest BCUT2D eigenvalue weighted by Crippen LogP contribution is -1.93. The molecule has 0 saturated carbocycles. The van der Waals surface area contributed by atoms with Gasteiger partial charge in [-0.1, -0.05) is 34.4 Å². The van der Waals surface area contributed by atoms with E-state index < -0.39 is 4.92 Å². The van der Waals surface area contributed by atoms with E-state index >= 15 is 0 Å². The molecule has 0 saturated heterocycles. The van der Waals surface area contributed by atoms with Crippen molar-refractivity contribution < 1.29 is 9.45 Å². The third-order valence-electron chi connectivity index (χ3n) is 2.60. The third kappa shape index (κ3) is 3.34. The molecular formula is C12H11BrClN3O3. The van der Waals surface area contributed by atoms with Gasteiger partial charge in [-0.05, 0) is 12.5 Å². The summed E-state index contributed by atoms with van der Waals surface area (Å²) in [5, 5.41) is 14.3. The van der Waals surface area contributed by atoms with E-state index in [-0.39, 0.29) is 17.0 Å². The molecule has 8 heteroatoms. The minimum atomic E-state index is -0.479. The lowest BCUT2D eigenvalue weighted by atomic mass is 10.2. The van der Waals surface area contributed by atoms with Crippen LogP contribution in [0.3, 0.4) is 0 Å². The number of nitrogens with zero attached hydrogens (tertiary/aromatic N) is 3. The molecule has 0 spiro atoms. The number of rotatable bonds is 5. The van der Waals surface area contributed by atoms with Gasteiger partial charge < -0.3 is 4.52 Å². The monoisotopic (exact) mass is 359 g/mol. The van der Waals surface area contributed by atoms with Crippen molar-refractivity contribution in [3.05, 3.63) is 38.6 Å². The number of nitro groups is 1. The number of hydrogen-bond acceptors (Lipinski definition) is 5. The van der Waals surface area contributed by atoms with Crippen LogP contribution in [0.15, 0.2) is 27.2 Å². The van der Waals surface area contributed by atoms with Crippen LogP contribution in [0.5, 0.6) is 0 Å². The summed E-state index contributed by atoms with van der Waals surface area (Å²) in [6.07, 6.45) is 1.64. The van der Waals surface area contributed by atoms with Crippen molar-refractivity contribution >= 4 is 33.2 Å². The van der Waals surface area contributed by atoms with E-state index in [4.69, 9.17) is 16.1 Å². The van der Waals surface area contributed by atoms with Crippen LogP contribution in [-0.4, -0.2) is 15.1 Å². The number of alkyl halides is 1. The van der Waals surface area contributed by atoms with Gasteiger partial charge >= 0.3 is 0 Å². The summed E-state index contributed by atoms with van der Waals surface area (Å²) in [5.41, 5.74) is 0.426. The highest BCUT2D eigenvalue weighted by Gasteiger charge is 2.18. The molecule has 0 aliphatic rings. The van der Waals surface area contributed by atoms with Crippen molar-refractivity contribution in [2.24, 2.45) is 0 Å². The zero-order valence-corrected chi connectivity index (χ0v) is 12.9. The molecule has 2 rings (SSSR count). The predicted molar refractivity (Wildman–Crippen MR) is 77.6 cm³/mol. The average molecular weight is 361 g/mol. The first-order chi connectivity index (χ1) is 9.51. The smallest absolute Gasteiger partial charge is 0.271 e. The normalized spacial score (nSPS) is 12.3. The molecule has 1 heterocycles. The Morgan fingerprint density at radius 1 is 1.50 bits per heavy atom. The largest absolute Gasteiger partial charge is 0.334 e. The fourth-order valence-corrected chi connectivity index (χ4v) is 2.45. The third-order valence-corrected chi connectivity index (χ3v) is 3.48. The van der Waals surface area contributed by atoms with E-state index in [0.717, 1.165) is 12.8 Å². The highest BCUT2D eigenvalue weighted by atomic mass is 79.9. The Kier molecular flexibility index (Phi) is 4.72. The second-order valence-corrected chi connectivity index (χ2v) is 5.61. The molecule has 1 atom stereocenters. The van der Waals surface area contributed by atoms with Crippen LogP contribution in [0.1, 0.15) is 31.0 Å². The minimum absolute atomic E-state index is 0.0508. The Bertz CT molecular complexity index is 632. The maximum atomic E-state index is 10.8. The number of hydrogen-bond donors (Lipinski definition) is 0. The lowest BCUT2D eigenvalue weighted by Gasteiger charge is -2.00. The van der Waals surface area contributed by atoms with Crippen molar-refractivity contribution in [1.82, 2.24) is 10.1 Å². The standard InChI is InChI=1S/C12H11BrClN3O3/c1-2-3-10(14)11-15-12(20-16-11)7-4-8(13)6-9(5-7)17(18)19/h4-6,10H,2-3H2,1H3. The number of nitro benzene ring substituents is 1. The molecule has 1 aromatic heterocycles. The molecule has 2 aromatic rings. The number of aromatic nitrogens is 2. The number of benzene rings is 1. The second-order valence-electron chi connectivity index (χ2n) is 4.17. The molecule has 0 aliphatic heterocycles. The molecule has 0 fully saturated rings. The van der Waals surface area contributed by atoms with Crippen molar-refractivity contribution in [3.8, 4) is 11.5 Å². The summed E-state index contributed by atoms with van der Waals surface area (Å²) < 4.78 is 5.69. The molecule has 1 unspecified atom stereocenters. The fraction of sp³-hybridized carbons (Fsp3) is 0.333. The van der Waals surface area contributed by atoms with Gasteiger partial charge in [0.25, 0.3) is 11.6 Å². The molecule has 0 N–H and O–H groups in total. The summed E-state index contributed by atoms with van der Waals surface area (Å²) in [5.74, 6) is 0.609. The number of halogens is 2. The summed E-state index contributed by atoms with van der Waals surface area (Å²) in [7, 11) is 0. The topological polar surface area (TPSA) is 82.1 Å². The van der Waals surface area contributed by atoms with Crippen LogP contribution in [0.25, 0.3) is 11.5 Å². The maximum Gasteiger partial charge on any atom is 0.271 e. The molecular weight excluding hydrogens is 350 g/mol. The molecule has 6 nitrogen and oxygen atoms in total. The summed E-state index contributed by atoms with van der Waals surface area (Å²) in [6, 6.07) is 4.46. The van der Waals surface area contributed by atoms with E-state index in [2.05, 4.69) is 26.1 Å². The first-order valence-electron chi connectivity index (χ1n) is 5.94. The first-order valence-corrected chi connectivity index (χ1v) is 7.17. The Hall–Kier alpha value is -1.47. The predicted octanol–water partition coefficient (Wildman–Crippen LogP) is 4.49. The fourth-order valence-electron chi connectivity index (χ4n) is 1.66. The SMILES string of the molecule is CCCC(Cl)c1noc(-c2cc(Br)cc([N+](=O)[O-])c2)n1. The summed E-state index contributed by atoms with van der Waals surface area (Å²) in [4.78, 5) is 14.5. The van der Waals surface area contributed by atoms with Crippen LogP contribution in [0, 0.1) is 10.1 Å². The molecule has 0 radical (unpaired) electrons. The van der Waals surface area contributed by atoms with Gasteiger partial charge in [-0.15, -0.1) is 11.6 Å². The molecule has 1 aromatic carbocycles. The van der Waals surface area contributed by atoms with Gasteiger partial charge in [0, 0.05) is 22.2 Å². The van der Waals surface area contributed by atoms with E-state index in [0.29, 0.717) is 15.9 Å². The Morgan fingerprint density at radius 2 is 2.25 bits per heavy atom. The van der Waals surface area contributed by atoms with Crippen molar-refractivity contribution in [2.45, 2.75) is 25.1 Å². The average Bonchev–Trinajstić information content (AvgIpc) is 2.88. The van der Waals surface area contributed by atoms with Gasteiger partial charge in [0.1, 0.15) is 0 Å². The Balaban J connectivity index is 2.34. The zero-order chi connectivity index (χ0) is 14.7. The van der Waals surface area contributed by atoms with E-state index in [9.17, 15) is 10.1 Å². The van der Waals surface area contributed by atoms with Crippen LogP contribution in [-0.2, 0) is 0 Å². The van der Waals surface area contributed by atoms with Gasteiger partial charge in [-0.3, -0.25) is 10.1 Å². The van der Waals surface area contributed by atoms with E-state index in [1.54, 1.807) is 6.07 Å². The zero-order valence-electron chi connectivity index (χ0n) is 10.5. The number of non-ortho nitro benzene ring substituents is 1. The summed E-state index contributed by atoms with van der Waals surface area (Å²) >= 11 is 9.34. The Morgan fingerprint density at radius 3 is 2.90 bits per heavy atom. The van der Waals surface area contributed by atoms with Crippen molar-refractivity contribution in [1.29, 1.82) is 0 Å². The molecule has 106 valence electrons. The maximum absolute atomic E-state index is 10.8. The minimum Gasteiger partial charge on any atom is -0.334 e. The molecule has 20 heavy (non-hydrogen) atoms. The molecule has 0 aliphatic carbocycles. The van der Waals surface area contributed by atoms with Crippen molar-refractivity contribution in [2.75, 3.05) is 0 Å². The summed E-state index contributed by atoms with van der Waals surface area (Å²) in [6.45, 7) is 2.01. The van der Waals surface area contributed by atoms with Gasteiger partial charge in [0.15, 0.2) is 5.82 Å². The van der Waals surface area contributed by atoms with Crippen LogP contribution >= 0.6 is 27.5 Å². The van der Waals surface area contributed by atoms with Crippen LogP contribution < -0.4 is 0 Å². The van der Waals surface area contributed by atoms with Crippen molar-refractivity contribution in [3.63, 3.8) is 0 Å². The molecule has 0 bridgehead atoms. The van der Waals surface area contributed by atoms with Crippen LogP contribution in [0.2, 0.25) is 0 Å². The van der Waals surface area contributed by atoms with Crippen LogP contribution in [0.4, 0.5) is 5.69 Å². The quantitative estimate of drug-likeness (QED) is 0.446. The highest BCUT2D eigenvalue weighted by Crippen LogP contribution is 2.30. The second kappa shape index (κ2) is 6.32. The lowest BCUT2D eigenvalue weighted by molar-refractivity contribution is -0.384. The van der Waals surface area contributed by atoms with E-state index in [1.165, 1.54) is 12.1 Å². The van der Waals surface area contributed by atoms with Gasteiger partial charge in [-0.2, -0.15) is 4.98 Å². The first kappa shape index (κ1) is 14.9. The highest BCUT2D eigenvalue weighted by molar-refractivity contribution is 9.10. The Labute approximate surface area is 128 Å². The van der Waals surface area contributed by atoms with E-state index in [1.807, 2.05) is 6.92 Å². The van der Waals surface area contributed by atoms with Gasteiger partial charge in [0.05, 0.1) is 10.3 Å². The van der Waals surface area contributed by atoms with Gasteiger partial charge in [0.2, 0.25) is 0 Å². The van der Waals surface area contributed by atoms with Gasteiger partial charge in [-0.25, -0.2) is 0 Å². The molecule has 0 amide bonds.